The topological polar surface area (TPSA) is 51.8 Å². The highest BCUT2D eigenvalue weighted by molar-refractivity contribution is 7.10. The van der Waals surface area contributed by atoms with Crippen LogP contribution >= 0.6 is 11.3 Å². The van der Waals surface area contributed by atoms with Gasteiger partial charge >= 0.3 is 0 Å². The summed E-state index contributed by atoms with van der Waals surface area (Å²) in [4.78, 5) is 8.75. The van der Waals surface area contributed by atoms with Crippen LogP contribution in [0, 0.1) is 0 Å². The highest BCUT2D eigenvalue weighted by Gasteiger charge is 2.26. The maximum Gasteiger partial charge on any atom is 0.113 e. The molecular weight excluding hydrogens is 230 g/mol. The van der Waals surface area contributed by atoms with Crippen molar-refractivity contribution in [1.29, 1.82) is 0 Å². The summed E-state index contributed by atoms with van der Waals surface area (Å²) in [6.45, 7) is 4.21. The first-order valence-electron chi connectivity index (χ1n) is 5.85. The molecule has 0 aliphatic carbocycles. The zero-order valence-electron chi connectivity index (χ0n) is 10.2. The molecule has 4 heteroatoms. The third-order valence-electron chi connectivity index (χ3n) is 3.15. The number of pyridine rings is 1. The molecule has 0 saturated carbocycles. The molecule has 0 bridgehead atoms. The summed E-state index contributed by atoms with van der Waals surface area (Å²) in [6.07, 6.45) is 5.41. The number of thiazole rings is 1. The van der Waals surface area contributed by atoms with Gasteiger partial charge in [-0.25, -0.2) is 4.98 Å². The molecule has 90 valence electrons. The predicted octanol–water partition coefficient (Wildman–Crippen LogP) is 3.18. The molecule has 0 aromatic carbocycles. The molecule has 2 rings (SSSR count). The van der Waals surface area contributed by atoms with E-state index in [4.69, 9.17) is 5.73 Å². The Labute approximate surface area is 106 Å². The normalized spacial score (nSPS) is 11.7. The third kappa shape index (κ3) is 2.37. The molecular formula is C13H17N3S. The van der Waals surface area contributed by atoms with Crippen LogP contribution in [0.5, 0.6) is 0 Å². The van der Waals surface area contributed by atoms with E-state index in [1.807, 2.05) is 18.3 Å². The van der Waals surface area contributed by atoms with Crippen molar-refractivity contribution in [3.63, 3.8) is 0 Å². The summed E-state index contributed by atoms with van der Waals surface area (Å²) < 4.78 is 0. The van der Waals surface area contributed by atoms with E-state index in [9.17, 15) is 0 Å². The van der Waals surface area contributed by atoms with Gasteiger partial charge in [-0.2, -0.15) is 0 Å². The van der Waals surface area contributed by atoms with E-state index in [1.165, 1.54) is 0 Å². The van der Waals surface area contributed by atoms with Gasteiger partial charge in [0, 0.05) is 23.3 Å². The summed E-state index contributed by atoms with van der Waals surface area (Å²) in [5.74, 6) is 0. The average Bonchev–Trinajstić information content (AvgIpc) is 2.89. The summed E-state index contributed by atoms with van der Waals surface area (Å²) in [5, 5.41) is 3.07. The molecule has 0 fully saturated rings. The number of hydrogen-bond donors (Lipinski definition) is 1. The van der Waals surface area contributed by atoms with Crippen LogP contribution < -0.4 is 5.73 Å². The first kappa shape index (κ1) is 12.2. The molecule has 17 heavy (non-hydrogen) atoms. The zero-order valence-corrected chi connectivity index (χ0v) is 11.0. The SMILES string of the molecule is CCC(N)(CC)c1nc(-c2cccnc2)cs1. The van der Waals surface area contributed by atoms with Crippen LogP contribution in [0.3, 0.4) is 0 Å². The van der Waals surface area contributed by atoms with Crippen LogP contribution in [-0.4, -0.2) is 9.97 Å². The average molecular weight is 247 g/mol. The Kier molecular flexibility index (Phi) is 3.54. The highest BCUT2D eigenvalue weighted by atomic mass is 32.1. The molecule has 3 nitrogen and oxygen atoms in total. The molecule has 2 aromatic heterocycles. The molecule has 0 saturated heterocycles. The van der Waals surface area contributed by atoms with E-state index in [0.29, 0.717) is 0 Å². The number of hydrogen-bond acceptors (Lipinski definition) is 4. The van der Waals surface area contributed by atoms with Crippen molar-refractivity contribution in [2.45, 2.75) is 32.2 Å². The van der Waals surface area contributed by atoms with Gasteiger partial charge in [-0.15, -0.1) is 11.3 Å². The van der Waals surface area contributed by atoms with Crippen molar-refractivity contribution in [3.05, 3.63) is 34.9 Å². The molecule has 0 unspecified atom stereocenters. The minimum Gasteiger partial charge on any atom is -0.319 e. The maximum atomic E-state index is 6.34. The minimum absolute atomic E-state index is 0.287. The lowest BCUT2D eigenvalue weighted by molar-refractivity contribution is 0.411. The minimum atomic E-state index is -0.287. The summed E-state index contributed by atoms with van der Waals surface area (Å²) in [7, 11) is 0. The van der Waals surface area contributed by atoms with Crippen molar-refractivity contribution >= 4 is 11.3 Å². The smallest absolute Gasteiger partial charge is 0.113 e. The quantitative estimate of drug-likeness (QED) is 0.902. The van der Waals surface area contributed by atoms with Crippen LogP contribution in [0.15, 0.2) is 29.9 Å². The molecule has 2 N–H and O–H groups in total. The van der Waals surface area contributed by atoms with E-state index < -0.39 is 0 Å². The van der Waals surface area contributed by atoms with Gasteiger partial charge in [-0.1, -0.05) is 13.8 Å². The number of aromatic nitrogens is 2. The van der Waals surface area contributed by atoms with E-state index in [2.05, 4.69) is 29.2 Å². The first-order valence-corrected chi connectivity index (χ1v) is 6.73. The van der Waals surface area contributed by atoms with Crippen LogP contribution in [0.2, 0.25) is 0 Å². The van der Waals surface area contributed by atoms with E-state index in [1.54, 1.807) is 17.5 Å². The monoisotopic (exact) mass is 247 g/mol. The maximum absolute atomic E-state index is 6.34. The van der Waals surface area contributed by atoms with Gasteiger partial charge in [0.25, 0.3) is 0 Å². The Morgan fingerprint density at radius 3 is 2.71 bits per heavy atom. The Morgan fingerprint density at radius 1 is 1.35 bits per heavy atom. The highest BCUT2D eigenvalue weighted by Crippen LogP contribution is 2.31. The van der Waals surface area contributed by atoms with Crippen molar-refractivity contribution in [2.24, 2.45) is 5.73 Å². The fraction of sp³-hybridized carbons (Fsp3) is 0.385. The molecule has 0 radical (unpaired) electrons. The first-order chi connectivity index (χ1) is 8.19. The lowest BCUT2D eigenvalue weighted by Gasteiger charge is -2.23. The molecule has 0 aliphatic heterocycles. The second kappa shape index (κ2) is 4.94. The number of rotatable bonds is 4. The van der Waals surface area contributed by atoms with E-state index in [-0.39, 0.29) is 5.54 Å². The van der Waals surface area contributed by atoms with Crippen LogP contribution in [-0.2, 0) is 5.54 Å². The summed E-state index contributed by atoms with van der Waals surface area (Å²) in [6, 6.07) is 3.94. The van der Waals surface area contributed by atoms with Gasteiger partial charge in [-0.05, 0) is 25.0 Å². The second-order valence-corrected chi connectivity index (χ2v) is 5.00. The van der Waals surface area contributed by atoms with Gasteiger partial charge in [0.2, 0.25) is 0 Å². The number of nitrogens with two attached hydrogens (primary N) is 1. The largest absolute Gasteiger partial charge is 0.319 e. The van der Waals surface area contributed by atoms with Gasteiger partial charge in [0.15, 0.2) is 0 Å². The Bertz CT molecular complexity index is 474. The molecule has 0 amide bonds. The van der Waals surface area contributed by atoms with Crippen LogP contribution in [0.1, 0.15) is 31.7 Å². The fourth-order valence-corrected chi connectivity index (χ4v) is 2.79. The fourth-order valence-electron chi connectivity index (χ4n) is 1.70. The van der Waals surface area contributed by atoms with Gasteiger partial charge < -0.3 is 5.73 Å². The Balaban J connectivity index is 2.34. The molecule has 0 atom stereocenters. The number of nitrogens with zero attached hydrogens (tertiary/aromatic N) is 2. The lowest BCUT2D eigenvalue weighted by Crippen LogP contribution is -2.34. The molecule has 0 spiro atoms. The predicted molar refractivity (Wildman–Crippen MR) is 71.8 cm³/mol. The zero-order chi connectivity index (χ0) is 12.3. The van der Waals surface area contributed by atoms with Crippen molar-refractivity contribution in [3.8, 4) is 11.3 Å². The van der Waals surface area contributed by atoms with E-state index >= 15 is 0 Å². The summed E-state index contributed by atoms with van der Waals surface area (Å²) >= 11 is 1.64. The second-order valence-electron chi connectivity index (χ2n) is 4.14. The third-order valence-corrected chi connectivity index (χ3v) is 4.21. The molecule has 0 aliphatic rings. The van der Waals surface area contributed by atoms with E-state index in [0.717, 1.165) is 29.1 Å². The van der Waals surface area contributed by atoms with Crippen molar-refractivity contribution in [2.75, 3.05) is 0 Å². The van der Waals surface area contributed by atoms with Crippen molar-refractivity contribution < 1.29 is 0 Å². The Morgan fingerprint density at radius 2 is 2.12 bits per heavy atom. The van der Waals surface area contributed by atoms with Gasteiger partial charge in [0.05, 0.1) is 11.2 Å². The van der Waals surface area contributed by atoms with Crippen LogP contribution in [0.4, 0.5) is 0 Å². The molecule has 2 heterocycles. The van der Waals surface area contributed by atoms with Crippen LogP contribution in [0.25, 0.3) is 11.3 Å². The molecule has 2 aromatic rings. The summed E-state index contributed by atoms with van der Waals surface area (Å²) in [5.41, 5.74) is 8.07. The Hall–Kier alpha value is -1.26. The standard InChI is InChI=1S/C13H17N3S/c1-3-13(14,4-2)12-16-11(9-17-12)10-6-5-7-15-8-10/h5-9H,3-4,14H2,1-2H3. The van der Waals surface area contributed by atoms with Gasteiger partial charge in [0.1, 0.15) is 5.01 Å². The lowest BCUT2D eigenvalue weighted by atomic mass is 9.95. The van der Waals surface area contributed by atoms with Crippen molar-refractivity contribution in [1.82, 2.24) is 9.97 Å². The van der Waals surface area contributed by atoms with Gasteiger partial charge in [-0.3, -0.25) is 4.98 Å².